The zero-order valence-electron chi connectivity index (χ0n) is 18.7. The van der Waals surface area contributed by atoms with Crippen molar-refractivity contribution >= 4 is 28.6 Å². The quantitative estimate of drug-likeness (QED) is 0.420. The lowest BCUT2D eigenvalue weighted by Crippen LogP contribution is -2.41. The zero-order chi connectivity index (χ0) is 24.2. The van der Waals surface area contributed by atoms with Crippen LogP contribution in [0.4, 0.5) is 5.69 Å². The summed E-state index contributed by atoms with van der Waals surface area (Å²) < 4.78 is 8.55. The number of rotatable bonds is 7. The highest BCUT2D eigenvalue weighted by molar-refractivity contribution is 5.93. The van der Waals surface area contributed by atoms with Crippen molar-refractivity contribution in [1.82, 2.24) is 18.9 Å². The molecule has 0 aliphatic rings. The van der Waals surface area contributed by atoms with Gasteiger partial charge < -0.3 is 10.1 Å². The van der Waals surface area contributed by atoms with Crippen molar-refractivity contribution in [1.29, 1.82) is 0 Å². The number of carbonyl (C=O) groups excluding carboxylic acids is 2. The minimum atomic E-state index is -0.604. The minimum absolute atomic E-state index is 0.0596. The fourth-order valence-corrected chi connectivity index (χ4v) is 3.60. The van der Waals surface area contributed by atoms with E-state index >= 15 is 0 Å². The third kappa shape index (κ3) is 4.51. The van der Waals surface area contributed by atoms with Gasteiger partial charge in [-0.1, -0.05) is 30.3 Å². The number of hydrogen-bond acceptors (Lipinski definition) is 6. The fourth-order valence-electron chi connectivity index (χ4n) is 3.60. The fraction of sp³-hybridized carbons (Fsp3) is 0.208. The molecule has 4 rings (SSSR count). The summed E-state index contributed by atoms with van der Waals surface area (Å²) in [6.45, 7) is 2.10. The van der Waals surface area contributed by atoms with E-state index in [4.69, 9.17) is 0 Å². The smallest absolute Gasteiger partial charge is 0.337 e. The van der Waals surface area contributed by atoms with Gasteiger partial charge in [-0.15, -0.1) is 0 Å². The van der Waals surface area contributed by atoms with Crippen LogP contribution < -0.4 is 16.6 Å². The van der Waals surface area contributed by atoms with Crippen molar-refractivity contribution in [2.75, 3.05) is 12.4 Å². The number of aryl methyl sites for hydroxylation is 1. The maximum atomic E-state index is 13.3. The number of amides is 1. The zero-order valence-corrected chi connectivity index (χ0v) is 18.7. The van der Waals surface area contributed by atoms with Crippen LogP contribution in [-0.2, 0) is 29.2 Å². The summed E-state index contributed by atoms with van der Waals surface area (Å²) in [5.74, 6) is -0.955. The normalized spacial score (nSPS) is 10.9. The molecular weight excluding hydrogens is 438 g/mol. The molecule has 2 heterocycles. The topological polar surface area (TPSA) is 117 Å². The minimum Gasteiger partial charge on any atom is -0.465 e. The van der Waals surface area contributed by atoms with Crippen LogP contribution in [-0.4, -0.2) is 37.9 Å². The number of aromatic nitrogens is 4. The Balaban J connectivity index is 1.68. The third-order valence-corrected chi connectivity index (χ3v) is 5.34. The van der Waals surface area contributed by atoms with Crippen molar-refractivity contribution in [3.05, 3.63) is 92.8 Å². The summed E-state index contributed by atoms with van der Waals surface area (Å²) in [7, 11) is 1.29. The molecule has 0 spiro atoms. The molecule has 0 aliphatic heterocycles. The summed E-state index contributed by atoms with van der Waals surface area (Å²) in [6, 6.07) is 15.3. The molecule has 10 heteroatoms. The molecule has 2 aromatic heterocycles. The number of fused-ring (bicyclic) bond motifs is 1. The lowest BCUT2D eigenvalue weighted by molar-refractivity contribution is -0.116. The van der Waals surface area contributed by atoms with Gasteiger partial charge in [0.15, 0.2) is 5.52 Å². The molecule has 0 fully saturated rings. The first-order valence-electron chi connectivity index (χ1n) is 10.6. The molecule has 0 aliphatic carbocycles. The monoisotopic (exact) mass is 461 g/mol. The van der Waals surface area contributed by atoms with E-state index in [-0.39, 0.29) is 24.1 Å². The number of nitrogens with one attached hydrogen (secondary N) is 1. The number of anilines is 1. The van der Waals surface area contributed by atoms with Crippen LogP contribution in [0.2, 0.25) is 0 Å². The van der Waals surface area contributed by atoms with Crippen molar-refractivity contribution in [2.45, 2.75) is 26.6 Å². The van der Waals surface area contributed by atoms with Crippen LogP contribution in [0.15, 0.2) is 70.4 Å². The Kier molecular flexibility index (Phi) is 6.39. The first-order chi connectivity index (χ1) is 16.4. The number of carbonyl (C=O) groups is 2. The summed E-state index contributed by atoms with van der Waals surface area (Å²) in [4.78, 5) is 50.8. The van der Waals surface area contributed by atoms with Gasteiger partial charge >= 0.3 is 11.7 Å². The summed E-state index contributed by atoms with van der Waals surface area (Å²) >= 11 is 0. The van der Waals surface area contributed by atoms with Crippen LogP contribution in [0.5, 0.6) is 0 Å². The highest BCUT2D eigenvalue weighted by Crippen LogP contribution is 2.12. The SMILES string of the molecule is CCn1cc2c(n1)c(=O)n(Cc1ccccc1)c(=O)n2CC(=O)Nc1ccc(C(=O)OC)cc1. The summed E-state index contributed by atoms with van der Waals surface area (Å²) in [5.41, 5.74) is 0.865. The standard InChI is InChI=1S/C24H23N5O5/c1-3-27-14-19-21(26-27)22(31)29(13-16-7-5-4-6-8-16)24(33)28(19)15-20(30)25-18-11-9-17(10-12-18)23(32)34-2/h4-12,14H,3,13,15H2,1-2H3,(H,25,30). The number of benzene rings is 2. The highest BCUT2D eigenvalue weighted by Gasteiger charge is 2.19. The molecule has 1 amide bonds. The summed E-state index contributed by atoms with van der Waals surface area (Å²) in [5, 5.41) is 7.01. The van der Waals surface area contributed by atoms with Gasteiger partial charge in [-0.3, -0.25) is 23.4 Å². The van der Waals surface area contributed by atoms with E-state index < -0.39 is 23.1 Å². The average Bonchev–Trinajstić information content (AvgIpc) is 3.30. The largest absolute Gasteiger partial charge is 0.465 e. The van der Waals surface area contributed by atoms with Crippen molar-refractivity contribution in [2.24, 2.45) is 0 Å². The first-order valence-corrected chi connectivity index (χ1v) is 10.6. The average molecular weight is 461 g/mol. The molecule has 0 saturated heterocycles. The molecule has 10 nitrogen and oxygen atoms in total. The molecule has 0 bridgehead atoms. The van der Waals surface area contributed by atoms with Crippen LogP contribution in [0, 0.1) is 0 Å². The van der Waals surface area contributed by atoms with Gasteiger partial charge in [-0.2, -0.15) is 5.10 Å². The Morgan fingerprint density at radius 3 is 2.35 bits per heavy atom. The molecule has 34 heavy (non-hydrogen) atoms. The number of nitrogens with zero attached hydrogens (tertiary/aromatic N) is 4. The Morgan fingerprint density at radius 1 is 1.00 bits per heavy atom. The molecule has 0 saturated carbocycles. The first kappa shape index (κ1) is 22.7. The number of methoxy groups -OCH3 is 1. The second-order valence-corrected chi connectivity index (χ2v) is 7.58. The van der Waals surface area contributed by atoms with Crippen LogP contribution in [0.3, 0.4) is 0 Å². The Hall–Kier alpha value is -4.47. The van der Waals surface area contributed by atoms with E-state index in [0.717, 1.165) is 10.1 Å². The van der Waals surface area contributed by atoms with Crippen LogP contribution in [0.25, 0.3) is 11.0 Å². The van der Waals surface area contributed by atoms with Gasteiger partial charge in [0.1, 0.15) is 6.54 Å². The van der Waals surface area contributed by atoms with Gasteiger partial charge in [-0.25, -0.2) is 9.59 Å². The molecule has 2 aromatic carbocycles. The van der Waals surface area contributed by atoms with E-state index in [1.807, 2.05) is 37.3 Å². The van der Waals surface area contributed by atoms with Gasteiger partial charge in [-0.05, 0) is 36.8 Å². The number of hydrogen-bond donors (Lipinski definition) is 1. The molecule has 4 aromatic rings. The predicted octanol–water partition coefficient (Wildman–Crippen LogP) is 1.85. The van der Waals surface area contributed by atoms with E-state index in [1.54, 1.807) is 23.0 Å². The van der Waals surface area contributed by atoms with Gasteiger partial charge in [0.05, 0.1) is 24.7 Å². The van der Waals surface area contributed by atoms with Crippen molar-refractivity contribution < 1.29 is 14.3 Å². The molecule has 0 atom stereocenters. The molecule has 1 N–H and O–H groups in total. The molecular formula is C24H23N5O5. The van der Waals surface area contributed by atoms with E-state index in [0.29, 0.717) is 17.8 Å². The molecule has 0 radical (unpaired) electrons. The molecule has 174 valence electrons. The summed E-state index contributed by atoms with van der Waals surface area (Å²) in [6.07, 6.45) is 1.59. The number of esters is 1. The van der Waals surface area contributed by atoms with Gasteiger partial charge in [0, 0.05) is 18.4 Å². The van der Waals surface area contributed by atoms with E-state index in [2.05, 4.69) is 15.2 Å². The second kappa shape index (κ2) is 9.57. The predicted molar refractivity (Wildman–Crippen MR) is 126 cm³/mol. The van der Waals surface area contributed by atoms with Crippen LogP contribution >= 0.6 is 0 Å². The Bertz CT molecular complexity index is 1470. The van der Waals surface area contributed by atoms with Gasteiger partial charge in [0.2, 0.25) is 5.91 Å². The highest BCUT2D eigenvalue weighted by atomic mass is 16.5. The maximum Gasteiger partial charge on any atom is 0.337 e. The third-order valence-electron chi connectivity index (χ3n) is 5.34. The maximum absolute atomic E-state index is 13.3. The molecule has 0 unspecified atom stereocenters. The van der Waals surface area contributed by atoms with Crippen LogP contribution in [0.1, 0.15) is 22.8 Å². The lowest BCUT2D eigenvalue weighted by atomic mass is 10.2. The van der Waals surface area contributed by atoms with Crippen molar-refractivity contribution in [3.8, 4) is 0 Å². The van der Waals surface area contributed by atoms with Crippen molar-refractivity contribution in [3.63, 3.8) is 0 Å². The van der Waals surface area contributed by atoms with E-state index in [1.165, 1.54) is 23.8 Å². The van der Waals surface area contributed by atoms with Gasteiger partial charge in [0.25, 0.3) is 5.56 Å². The Morgan fingerprint density at radius 2 is 1.71 bits per heavy atom. The Labute approximate surface area is 194 Å². The second-order valence-electron chi connectivity index (χ2n) is 7.58. The van der Waals surface area contributed by atoms with E-state index in [9.17, 15) is 19.2 Å². The number of ether oxygens (including phenoxy) is 1. The lowest BCUT2D eigenvalue weighted by Gasteiger charge is -2.12.